The van der Waals surface area contributed by atoms with Gasteiger partial charge in [-0.1, -0.05) is 55.7 Å². The van der Waals surface area contributed by atoms with Crippen molar-refractivity contribution >= 4 is 23.4 Å². The van der Waals surface area contributed by atoms with Crippen LogP contribution in [0.2, 0.25) is 0 Å². The van der Waals surface area contributed by atoms with E-state index in [2.05, 4.69) is 15.6 Å². The lowest BCUT2D eigenvalue weighted by atomic mass is 9.96. The Kier molecular flexibility index (Phi) is 5.70. The van der Waals surface area contributed by atoms with Crippen LogP contribution in [0.4, 0.5) is 17.5 Å². The van der Waals surface area contributed by atoms with E-state index in [0.29, 0.717) is 29.1 Å². The van der Waals surface area contributed by atoms with E-state index in [1.54, 1.807) is 30.3 Å². The molecule has 0 saturated heterocycles. The second-order valence-electron chi connectivity index (χ2n) is 7.39. The Morgan fingerprint density at radius 2 is 1.72 bits per heavy atom. The van der Waals surface area contributed by atoms with E-state index >= 15 is 0 Å². The van der Waals surface area contributed by atoms with Crippen LogP contribution in [-0.4, -0.2) is 21.9 Å². The molecule has 0 bridgehead atoms. The maximum absolute atomic E-state index is 12.7. The molecule has 0 spiro atoms. The summed E-state index contributed by atoms with van der Waals surface area (Å²) in [6.45, 7) is 0. The van der Waals surface area contributed by atoms with Crippen molar-refractivity contribution in [2.75, 3.05) is 16.4 Å². The molecule has 1 heterocycles. The topological polar surface area (TPSA) is 92.9 Å². The maximum atomic E-state index is 12.7. The first-order chi connectivity index (χ1) is 14.2. The van der Waals surface area contributed by atoms with Crippen LogP contribution in [0, 0.1) is 0 Å². The monoisotopic (exact) mass is 387 g/mol. The fraction of sp³-hybridized carbons (Fsp3) is 0.261. The van der Waals surface area contributed by atoms with E-state index in [-0.39, 0.29) is 5.91 Å². The minimum absolute atomic E-state index is 0.251. The fourth-order valence-electron chi connectivity index (χ4n) is 3.63. The highest BCUT2D eigenvalue weighted by molar-refractivity contribution is 6.04. The van der Waals surface area contributed by atoms with Crippen molar-refractivity contribution in [1.29, 1.82) is 0 Å². The van der Waals surface area contributed by atoms with E-state index < -0.39 is 0 Å². The average Bonchev–Trinajstić information content (AvgIpc) is 2.75. The van der Waals surface area contributed by atoms with Crippen LogP contribution in [-0.2, 0) is 0 Å². The molecule has 148 valence electrons. The average molecular weight is 387 g/mol. The number of hydrogen-bond donors (Lipinski definition) is 3. The van der Waals surface area contributed by atoms with Crippen molar-refractivity contribution in [3.05, 3.63) is 66.2 Å². The Labute approximate surface area is 170 Å². The van der Waals surface area contributed by atoms with Crippen molar-refractivity contribution in [2.45, 2.75) is 38.1 Å². The molecule has 6 nitrogen and oxygen atoms in total. The summed E-state index contributed by atoms with van der Waals surface area (Å²) in [5.41, 5.74) is 8.58. The highest BCUT2D eigenvalue weighted by Crippen LogP contribution is 2.25. The summed E-state index contributed by atoms with van der Waals surface area (Å²) >= 11 is 0. The zero-order valence-electron chi connectivity index (χ0n) is 16.3. The summed E-state index contributed by atoms with van der Waals surface area (Å²) < 4.78 is 0. The smallest absolute Gasteiger partial charge is 0.256 e. The summed E-state index contributed by atoms with van der Waals surface area (Å²) in [6.07, 6.45) is 5.95. The highest BCUT2D eigenvalue weighted by atomic mass is 16.1. The molecule has 1 aromatic heterocycles. The van der Waals surface area contributed by atoms with Crippen LogP contribution >= 0.6 is 0 Å². The second kappa shape index (κ2) is 8.73. The van der Waals surface area contributed by atoms with Crippen molar-refractivity contribution in [2.24, 2.45) is 0 Å². The number of anilines is 3. The summed E-state index contributed by atoms with van der Waals surface area (Å²) in [5, 5.41) is 6.35. The molecule has 2 aromatic carbocycles. The number of hydrogen-bond acceptors (Lipinski definition) is 5. The van der Waals surface area contributed by atoms with Crippen LogP contribution in [0.5, 0.6) is 0 Å². The Morgan fingerprint density at radius 3 is 2.48 bits per heavy atom. The molecule has 1 fully saturated rings. The summed E-state index contributed by atoms with van der Waals surface area (Å²) in [7, 11) is 0. The third kappa shape index (κ3) is 4.90. The largest absolute Gasteiger partial charge is 0.399 e. The van der Waals surface area contributed by atoms with E-state index in [4.69, 9.17) is 10.7 Å². The van der Waals surface area contributed by atoms with E-state index in [1.165, 1.54) is 19.3 Å². The van der Waals surface area contributed by atoms with Gasteiger partial charge in [-0.25, -0.2) is 4.98 Å². The molecule has 1 aliphatic carbocycles. The molecule has 4 rings (SSSR count). The molecule has 0 radical (unpaired) electrons. The van der Waals surface area contributed by atoms with Gasteiger partial charge in [0.2, 0.25) is 5.95 Å². The molecular weight excluding hydrogens is 362 g/mol. The first kappa shape index (κ1) is 18.9. The van der Waals surface area contributed by atoms with Crippen molar-refractivity contribution in [1.82, 2.24) is 9.97 Å². The van der Waals surface area contributed by atoms with Gasteiger partial charge in [0, 0.05) is 28.9 Å². The third-order valence-electron chi connectivity index (χ3n) is 5.12. The van der Waals surface area contributed by atoms with Crippen LogP contribution in [0.15, 0.2) is 60.7 Å². The van der Waals surface area contributed by atoms with Gasteiger partial charge in [-0.2, -0.15) is 4.98 Å². The van der Waals surface area contributed by atoms with Gasteiger partial charge in [0.15, 0.2) is 0 Å². The minimum atomic E-state index is -0.251. The maximum Gasteiger partial charge on any atom is 0.256 e. The van der Waals surface area contributed by atoms with Crippen LogP contribution < -0.4 is 16.4 Å². The number of nitrogen functional groups attached to an aromatic ring is 1. The third-order valence-corrected chi connectivity index (χ3v) is 5.12. The molecule has 4 N–H and O–H groups in total. The van der Waals surface area contributed by atoms with Gasteiger partial charge < -0.3 is 16.4 Å². The Balaban J connectivity index is 1.62. The Morgan fingerprint density at radius 1 is 0.931 bits per heavy atom. The molecule has 3 aromatic rings. The van der Waals surface area contributed by atoms with Gasteiger partial charge in [0.05, 0.1) is 5.69 Å². The summed E-state index contributed by atoms with van der Waals surface area (Å²) in [6, 6.07) is 18.9. The molecule has 6 heteroatoms. The second-order valence-corrected chi connectivity index (χ2v) is 7.39. The van der Waals surface area contributed by atoms with Gasteiger partial charge >= 0.3 is 0 Å². The minimum Gasteiger partial charge on any atom is -0.399 e. The number of carbonyl (C=O) groups excluding carboxylic acids is 1. The van der Waals surface area contributed by atoms with E-state index in [1.807, 2.05) is 30.3 Å². The lowest BCUT2D eigenvalue weighted by Crippen LogP contribution is -2.24. The van der Waals surface area contributed by atoms with Gasteiger partial charge in [-0.3, -0.25) is 4.79 Å². The zero-order chi connectivity index (χ0) is 20.1. The predicted octanol–water partition coefficient (Wildman–Crippen LogP) is 4.72. The standard InChI is InChI=1S/C23H25N5O/c24-18-11-7-10-17(14-18)22(29)27-21-15-20(16-8-3-1-4-9-16)26-23(28-21)25-19-12-5-2-6-13-19/h1,3-4,7-11,14-15,19H,2,5-6,12-13,24H2,(H2,25,26,27,28,29). The number of nitrogens with zero attached hydrogens (tertiary/aromatic N) is 2. The zero-order valence-corrected chi connectivity index (χ0v) is 16.3. The number of nitrogens with two attached hydrogens (primary N) is 1. The summed E-state index contributed by atoms with van der Waals surface area (Å²) in [5.74, 6) is 0.754. The van der Waals surface area contributed by atoms with Crippen molar-refractivity contribution in [3.8, 4) is 11.3 Å². The first-order valence-corrected chi connectivity index (χ1v) is 10.1. The van der Waals surface area contributed by atoms with Gasteiger partial charge in [-0.15, -0.1) is 0 Å². The molecule has 0 atom stereocenters. The fourth-order valence-corrected chi connectivity index (χ4v) is 3.63. The van der Waals surface area contributed by atoms with Gasteiger partial charge in [0.1, 0.15) is 5.82 Å². The van der Waals surface area contributed by atoms with E-state index in [0.717, 1.165) is 24.1 Å². The molecule has 1 amide bonds. The van der Waals surface area contributed by atoms with Crippen molar-refractivity contribution in [3.63, 3.8) is 0 Å². The molecule has 29 heavy (non-hydrogen) atoms. The van der Waals surface area contributed by atoms with Crippen molar-refractivity contribution < 1.29 is 4.79 Å². The molecule has 1 saturated carbocycles. The predicted molar refractivity (Wildman–Crippen MR) is 117 cm³/mol. The Bertz CT molecular complexity index is 984. The molecule has 0 aliphatic heterocycles. The number of amides is 1. The van der Waals surface area contributed by atoms with Crippen LogP contribution in [0.3, 0.4) is 0 Å². The lowest BCUT2D eigenvalue weighted by molar-refractivity contribution is 0.102. The van der Waals surface area contributed by atoms with Crippen LogP contribution in [0.25, 0.3) is 11.3 Å². The molecular formula is C23H25N5O. The number of rotatable bonds is 5. The number of nitrogens with one attached hydrogen (secondary N) is 2. The quantitative estimate of drug-likeness (QED) is 0.551. The molecule has 1 aliphatic rings. The number of carbonyl (C=O) groups is 1. The number of aromatic nitrogens is 2. The lowest BCUT2D eigenvalue weighted by Gasteiger charge is -2.23. The SMILES string of the molecule is Nc1cccc(C(=O)Nc2cc(-c3ccccc3)nc(NC3CCCCC3)n2)c1. The molecule has 0 unspecified atom stereocenters. The highest BCUT2D eigenvalue weighted by Gasteiger charge is 2.16. The van der Waals surface area contributed by atoms with Gasteiger partial charge in [-0.05, 0) is 31.0 Å². The van der Waals surface area contributed by atoms with Gasteiger partial charge in [0.25, 0.3) is 5.91 Å². The normalized spacial score (nSPS) is 14.3. The first-order valence-electron chi connectivity index (χ1n) is 10.1. The number of benzene rings is 2. The summed E-state index contributed by atoms with van der Waals surface area (Å²) in [4.78, 5) is 21.9. The van der Waals surface area contributed by atoms with E-state index in [9.17, 15) is 4.79 Å². The Hall–Kier alpha value is -3.41. The van der Waals surface area contributed by atoms with Crippen LogP contribution in [0.1, 0.15) is 42.5 Å².